The van der Waals surface area contributed by atoms with Gasteiger partial charge in [-0.25, -0.2) is 19.4 Å². The van der Waals surface area contributed by atoms with Crippen molar-refractivity contribution in [2.24, 2.45) is 0 Å². The molecular formula is C10H14FN5O10P2. The van der Waals surface area contributed by atoms with Crippen molar-refractivity contribution in [1.82, 2.24) is 19.5 Å². The number of phosphoric ester groups is 1. The minimum Gasteiger partial charge on any atom is -0.394 e. The molecule has 3 rings (SSSR count). The lowest BCUT2D eigenvalue weighted by atomic mass is 10.1. The van der Waals surface area contributed by atoms with Crippen molar-refractivity contribution < 1.29 is 52.7 Å². The lowest BCUT2D eigenvalue weighted by molar-refractivity contribution is -0.125. The number of nitrogens with two attached hydrogens (primary N) is 1. The highest BCUT2D eigenvalue weighted by Gasteiger charge is 2.48. The second-order valence-corrected chi connectivity index (χ2v) is 6.66. The zero-order chi connectivity index (χ0) is 21.1. The van der Waals surface area contributed by atoms with E-state index in [1.54, 1.807) is 0 Å². The van der Waals surface area contributed by atoms with Crippen LogP contribution in [-0.2, 0) is 23.1 Å². The molecule has 0 amide bonds. The van der Waals surface area contributed by atoms with Crippen molar-refractivity contribution >= 4 is 33.5 Å². The average Bonchev–Trinajstić information content (AvgIpc) is 3.16. The van der Waals surface area contributed by atoms with Crippen LogP contribution in [0.5, 0.6) is 0 Å². The van der Waals surface area contributed by atoms with Gasteiger partial charge < -0.3 is 30.5 Å². The summed E-state index contributed by atoms with van der Waals surface area (Å²) in [5, 5.41) is 26.6. The fourth-order valence-electron chi connectivity index (χ4n) is 2.48. The molecule has 0 aliphatic carbocycles. The molecule has 28 heavy (non-hydrogen) atoms. The fourth-order valence-corrected chi connectivity index (χ4v) is 3.06. The highest BCUT2D eigenvalue weighted by Crippen LogP contribution is 2.44. The van der Waals surface area contributed by atoms with Crippen LogP contribution in [-0.4, -0.2) is 69.7 Å². The number of nitrogens with zero attached hydrogens (tertiary/aromatic N) is 4. The Hall–Kier alpha value is -1.71. The van der Waals surface area contributed by atoms with Gasteiger partial charge in [-0.05, 0) is 0 Å². The van der Waals surface area contributed by atoms with Crippen LogP contribution in [0.4, 0.5) is 10.2 Å². The molecule has 0 bridgehead atoms. The number of hydrogen-bond donors (Lipinski definition) is 6. The molecule has 156 valence electrons. The van der Waals surface area contributed by atoms with Crippen LogP contribution in [0.3, 0.4) is 0 Å². The van der Waals surface area contributed by atoms with Gasteiger partial charge >= 0.3 is 22.6 Å². The van der Waals surface area contributed by atoms with E-state index in [-0.39, 0.29) is 17.0 Å². The summed E-state index contributed by atoms with van der Waals surface area (Å²) in [5.41, 5.74) is 5.48. The number of anilines is 1. The highest BCUT2D eigenvalue weighted by molar-refractivity contribution is 7.46. The van der Waals surface area contributed by atoms with Gasteiger partial charge in [0, 0.05) is 0 Å². The van der Waals surface area contributed by atoms with Crippen molar-refractivity contribution in [1.29, 1.82) is 0 Å². The van der Waals surface area contributed by atoms with Gasteiger partial charge in [0.05, 0.1) is 12.9 Å². The average molecular weight is 445 g/mol. The topological polar surface area (TPSA) is 233 Å². The van der Waals surface area contributed by atoms with Crippen molar-refractivity contribution in [2.75, 3.05) is 12.3 Å². The molecule has 0 radical (unpaired) electrons. The molecule has 0 saturated carbocycles. The fraction of sp³-hybridized carbons (Fsp3) is 0.500. The van der Waals surface area contributed by atoms with Crippen LogP contribution < -0.4 is 5.73 Å². The lowest BCUT2D eigenvalue weighted by Crippen LogP contribution is -2.35. The second kappa shape index (κ2) is 9.19. The Bertz CT molecular complexity index is 880. The van der Waals surface area contributed by atoms with E-state index in [9.17, 15) is 19.2 Å². The smallest absolute Gasteiger partial charge is 0.394 e. The molecule has 1 saturated heterocycles. The summed E-state index contributed by atoms with van der Waals surface area (Å²) in [7, 11) is -5.65. The summed E-state index contributed by atoms with van der Waals surface area (Å²) in [5.74, 6) is -0.231. The van der Waals surface area contributed by atoms with E-state index in [1.165, 1.54) is 0 Å². The number of phosphoric acid groups is 1. The van der Waals surface area contributed by atoms with Gasteiger partial charge in [-0.2, -0.15) is 14.4 Å². The predicted octanol–water partition coefficient (Wildman–Crippen LogP) is -1.04. The lowest BCUT2D eigenvalue weighted by Gasteiger charge is -2.20. The Labute approximate surface area is 156 Å². The standard InChI is InChI=1S/C10H13FN5O7P.HO3P/c11-10-14-7(12)4-8(15-10)16(2-13-4)9-5(18)6(3(1-17)22-9)23-24(19,20)21;1-3-4-2/h2-3,5-6,9,17-18H,1H2,(H2,12,14,15)(H2,19,20,21);1H/t3-,5?,6+,9-;/m1./s1. The molecule has 1 aliphatic rings. The Morgan fingerprint density at radius 1 is 1.43 bits per heavy atom. The molecule has 4 atom stereocenters. The largest absolute Gasteiger partial charge is 0.470 e. The number of hydrogen-bond acceptors (Lipinski definition) is 12. The van der Waals surface area contributed by atoms with Crippen LogP contribution >= 0.6 is 16.5 Å². The van der Waals surface area contributed by atoms with Crippen molar-refractivity contribution in [3.05, 3.63) is 12.4 Å². The minimum atomic E-state index is -4.95. The Kier molecular flexibility index (Phi) is 7.41. The van der Waals surface area contributed by atoms with Crippen molar-refractivity contribution in [3.63, 3.8) is 0 Å². The quantitative estimate of drug-likeness (QED) is 0.140. The number of fused-ring (bicyclic) bond motifs is 1. The number of nitrogen functional groups attached to an aromatic ring is 1. The van der Waals surface area contributed by atoms with Gasteiger partial charge in [-0.3, -0.25) is 9.09 Å². The van der Waals surface area contributed by atoms with E-state index in [1.807, 2.05) is 0 Å². The third kappa shape index (κ3) is 5.01. The number of imidazole rings is 1. The molecule has 1 aliphatic heterocycles. The first kappa shape index (κ1) is 22.6. The molecule has 0 spiro atoms. The van der Waals surface area contributed by atoms with Crippen LogP contribution in [0.2, 0.25) is 0 Å². The number of ether oxygens (including phenoxy) is 1. The normalized spacial score (nSPS) is 25.1. The highest BCUT2D eigenvalue weighted by atomic mass is 31.2. The maximum atomic E-state index is 13.4. The van der Waals surface area contributed by atoms with Gasteiger partial charge in [-0.1, -0.05) is 0 Å². The molecule has 0 aromatic carbocycles. The second-order valence-electron chi connectivity index (χ2n) is 5.16. The van der Waals surface area contributed by atoms with Crippen molar-refractivity contribution in [2.45, 2.75) is 24.5 Å². The number of halogens is 1. The predicted molar refractivity (Wildman–Crippen MR) is 84.9 cm³/mol. The van der Waals surface area contributed by atoms with E-state index in [0.29, 0.717) is 0 Å². The maximum Gasteiger partial charge on any atom is 0.470 e. The van der Waals surface area contributed by atoms with E-state index in [0.717, 1.165) is 10.9 Å². The van der Waals surface area contributed by atoms with Gasteiger partial charge in [0.15, 0.2) is 23.2 Å². The Morgan fingerprint density at radius 2 is 2.07 bits per heavy atom. The summed E-state index contributed by atoms with van der Waals surface area (Å²) < 4.78 is 47.0. The molecule has 1 unspecified atom stereocenters. The molecule has 15 nitrogen and oxygen atoms in total. The Balaban J connectivity index is 0.000000640. The minimum absolute atomic E-state index is 0.0482. The number of aliphatic hydroxyl groups is 2. The van der Waals surface area contributed by atoms with Crippen molar-refractivity contribution in [3.8, 4) is 0 Å². The number of aromatic nitrogens is 4. The first-order valence-corrected chi connectivity index (χ1v) is 9.36. The molecule has 3 heterocycles. The monoisotopic (exact) mass is 445 g/mol. The molecule has 2 aromatic heterocycles. The van der Waals surface area contributed by atoms with Gasteiger partial charge in [0.1, 0.15) is 18.3 Å². The molecule has 7 N–H and O–H groups in total. The van der Waals surface area contributed by atoms with Crippen LogP contribution in [0, 0.1) is 6.08 Å². The maximum absolute atomic E-state index is 13.4. The zero-order valence-electron chi connectivity index (χ0n) is 13.5. The number of rotatable bonds is 5. The van der Waals surface area contributed by atoms with E-state index >= 15 is 0 Å². The van der Waals surface area contributed by atoms with Crippen LogP contribution in [0.1, 0.15) is 6.23 Å². The summed E-state index contributed by atoms with van der Waals surface area (Å²) >= 11 is 0. The van der Waals surface area contributed by atoms with E-state index in [4.69, 9.17) is 30.1 Å². The van der Waals surface area contributed by atoms with E-state index < -0.39 is 53.7 Å². The molecule has 2 aromatic rings. The Morgan fingerprint density at radius 3 is 2.61 bits per heavy atom. The van der Waals surface area contributed by atoms with Gasteiger partial charge in [0.25, 0.3) is 0 Å². The van der Waals surface area contributed by atoms with E-state index in [2.05, 4.69) is 24.2 Å². The molecular weight excluding hydrogens is 431 g/mol. The van der Waals surface area contributed by atoms with Gasteiger partial charge in [-0.15, -0.1) is 4.67 Å². The third-order valence-corrected chi connectivity index (χ3v) is 4.06. The summed E-state index contributed by atoms with van der Waals surface area (Å²) in [6.07, 6.45) is -5.65. The third-order valence-electron chi connectivity index (χ3n) is 3.48. The summed E-state index contributed by atoms with van der Waals surface area (Å²) in [6, 6.07) is 0. The first-order chi connectivity index (χ1) is 13.1. The zero-order valence-corrected chi connectivity index (χ0v) is 15.3. The number of aliphatic hydroxyl groups excluding tert-OH is 2. The van der Waals surface area contributed by atoms with Gasteiger partial charge in [0.2, 0.25) is 0 Å². The molecule has 1 fully saturated rings. The van der Waals surface area contributed by atoms with Crippen LogP contribution in [0.15, 0.2) is 6.33 Å². The summed E-state index contributed by atoms with van der Waals surface area (Å²) in [4.78, 5) is 28.5. The molecule has 18 heteroatoms. The SMILES string of the molecule is Nc1nc(F)nc2c1ncn2[C@@H]1O[C@H](CO)[C@H](OP(=O)(O)O)C1O.O=POO. The first-order valence-electron chi connectivity index (χ1n) is 7.10. The summed E-state index contributed by atoms with van der Waals surface area (Å²) in [6.45, 7) is -0.684. The van der Waals surface area contributed by atoms with Crippen LogP contribution in [0.25, 0.3) is 11.2 Å².